The maximum absolute atomic E-state index is 13.5. The lowest BCUT2D eigenvalue weighted by atomic mass is 10.0. The zero-order chi connectivity index (χ0) is 11.0. The Hall–Kier alpha value is -1.96. The second-order valence-corrected chi connectivity index (χ2v) is 3.05. The third-order valence-corrected chi connectivity index (χ3v) is 2.16. The molecule has 0 spiro atoms. The lowest BCUT2D eigenvalue weighted by Gasteiger charge is -2.17. The minimum atomic E-state index is -1.13. The summed E-state index contributed by atoms with van der Waals surface area (Å²) in [7, 11) is 0. The number of benzene rings is 1. The molecule has 3 nitrogen and oxygen atoms in total. The quantitative estimate of drug-likeness (QED) is 0.654. The molecule has 5 heteroatoms. The average molecular weight is 209 g/mol. The van der Waals surface area contributed by atoms with Crippen molar-refractivity contribution in [1.82, 2.24) is 0 Å². The first-order valence-electron chi connectivity index (χ1n) is 4.23. The monoisotopic (exact) mass is 209 g/mol. The van der Waals surface area contributed by atoms with Gasteiger partial charge in [0.1, 0.15) is 23.2 Å². The number of rotatable bonds is 0. The summed E-state index contributed by atoms with van der Waals surface area (Å²) < 4.78 is 31.6. The summed E-state index contributed by atoms with van der Waals surface area (Å²) in [5, 5.41) is 8.50. The molecule has 0 aromatic heterocycles. The number of halogens is 2. The van der Waals surface area contributed by atoms with E-state index in [0.717, 1.165) is 6.07 Å². The van der Waals surface area contributed by atoms with Gasteiger partial charge in [-0.25, -0.2) is 8.78 Å². The minimum absolute atomic E-state index is 0.0421. The number of hydrogen-bond donors (Lipinski definition) is 0. The molecule has 0 amide bonds. The van der Waals surface area contributed by atoms with Gasteiger partial charge in [0, 0.05) is 12.5 Å². The smallest absolute Gasteiger partial charge is 0.173 e. The fourth-order valence-corrected chi connectivity index (χ4v) is 1.45. The molecular formula is C10H5F2NO2. The van der Waals surface area contributed by atoms with Gasteiger partial charge in [0.2, 0.25) is 0 Å². The van der Waals surface area contributed by atoms with Crippen molar-refractivity contribution in [3.63, 3.8) is 0 Å². The molecule has 1 aliphatic heterocycles. The summed E-state index contributed by atoms with van der Waals surface area (Å²) in [6, 6.07) is 2.25. The molecule has 15 heavy (non-hydrogen) atoms. The third kappa shape index (κ3) is 1.34. The van der Waals surface area contributed by atoms with E-state index in [1.165, 1.54) is 6.07 Å². The Morgan fingerprint density at radius 2 is 2.20 bits per heavy atom. The highest BCUT2D eigenvalue weighted by Crippen LogP contribution is 2.30. The molecule has 1 aromatic rings. The fraction of sp³-hybridized carbons (Fsp3) is 0.200. The first kappa shape index (κ1) is 9.59. The average Bonchev–Trinajstić information content (AvgIpc) is 2.17. The number of ketones is 1. The summed E-state index contributed by atoms with van der Waals surface area (Å²) in [5.74, 6) is -2.73. The van der Waals surface area contributed by atoms with Crippen LogP contribution in [0.1, 0.15) is 22.3 Å². The lowest BCUT2D eigenvalue weighted by molar-refractivity contribution is 0.0927. The van der Waals surface area contributed by atoms with Crippen LogP contribution in [0.5, 0.6) is 5.75 Å². The van der Waals surface area contributed by atoms with Crippen molar-refractivity contribution in [3.8, 4) is 11.8 Å². The van der Waals surface area contributed by atoms with E-state index in [0.29, 0.717) is 0 Å². The standard InChI is InChI=1S/C10H5F2NO2/c11-6-3-8-9(7(14)1-2-15-8)10(12)5(6)4-13/h3H,1-2H2. The molecule has 1 aliphatic rings. The van der Waals surface area contributed by atoms with E-state index in [1.807, 2.05) is 0 Å². The summed E-state index contributed by atoms with van der Waals surface area (Å²) in [4.78, 5) is 11.3. The van der Waals surface area contributed by atoms with Crippen LogP contribution in [-0.2, 0) is 0 Å². The van der Waals surface area contributed by atoms with Gasteiger partial charge in [-0.05, 0) is 0 Å². The lowest BCUT2D eigenvalue weighted by Crippen LogP contribution is -2.18. The molecule has 0 unspecified atom stereocenters. The molecule has 0 saturated heterocycles. The zero-order valence-corrected chi connectivity index (χ0v) is 7.51. The zero-order valence-electron chi connectivity index (χ0n) is 7.51. The highest BCUT2D eigenvalue weighted by molar-refractivity contribution is 6.00. The normalized spacial score (nSPS) is 14.1. The number of nitrogens with zero attached hydrogens (tertiary/aromatic N) is 1. The van der Waals surface area contributed by atoms with E-state index < -0.39 is 23.0 Å². The molecule has 0 atom stereocenters. The number of fused-ring (bicyclic) bond motifs is 1. The van der Waals surface area contributed by atoms with Crippen LogP contribution in [0.25, 0.3) is 0 Å². The second kappa shape index (κ2) is 3.31. The number of carbonyl (C=O) groups is 1. The van der Waals surface area contributed by atoms with Crippen LogP contribution >= 0.6 is 0 Å². The largest absolute Gasteiger partial charge is 0.492 e. The van der Waals surface area contributed by atoms with Gasteiger partial charge in [-0.2, -0.15) is 5.26 Å². The predicted octanol–water partition coefficient (Wildman–Crippen LogP) is 1.80. The van der Waals surface area contributed by atoms with Crippen molar-refractivity contribution in [2.75, 3.05) is 6.61 Å². The number of ether oxygens (including phenoxy) is 1. The molecule has 0 bridgehead atoms. The Kier molecular flexibility index (Phi) is 2.12. The molecule has 0 aliphatic carbocycles. The van der Waals surface area contributed by atoms with E-state index in [2.05, 4.69) is 0 Å². The highest BCUT2D eigenvalue weighted by atomic mass is 19.1. The predicted molar refractivity (Wildman–Crippen MR) is 45.5 cm³/mol. The van der Waals surface area contributed by atoms with Crippen LogP contribution < -0.4 is 4.74 Å². The summed E-state index contributed by atoms with van der Waals surface area (Å²) in [6.45, 7) is 0.108. The van der Waals surface area contributed by atoms with Crippen molar-refractivity contribution < 1.29 is 18.3 Å². The number of nitriles is 1. The van der Waals surface area contributed by atoms with E-state index in [4.69, 9.17) is 10.00 Å². The van der Waals surface area contributed by atoms with Gasteiger partial charge in [0.25, 0.3) is 0 Å². The Morgan fingerprint density at radius 3 is 2.87 bits per heavy atom. The molecule has 1 heterocycles. The number of carbonyl (C=O) groups excluding carboxylic acids is 1. The van der Waals surface area contributed by atoms with E-state index in [1.54, 1.807) is 0 Å². The Labute approximate surface area is 83.9 Å². The Bertz CT molecular complexity index is 491. The molecular weight excluding hydrogens is 204 g/mol. The van der Waals surface area contributed by atoms with Crippen LogP contribution in [-0.4, -0.2) is 12.4 Å². The maximum atomic E-state index is 13.5. The fourth-order valence-electron chi connectivity index (χ4n) is 1.45. The number of hydrogen-bond acceptors (Lipinski definition) is 3. The summed E-state index contributed by atoms with van der Waals surface area (Å²) >= 11 is 0. The molecule has 2 rings (SSSR count). The maximum Gasteiger partial charge on any atom is 0.173 e. The molecule has 0 N–H and O–H groups in total. The van der Waals surface area contributed by atoms with E-state index in [9.17, 15) is 13.6 Å². The van der Waals surface area contributed by atoms with Gasteiger partial charge < -0.3 is 4.74 Å². The highest BCUT2D eigenvalue weighted by Gasteiger charge is 2.27. The Morgan fingerprint density at radius 1 is 1.47 bits per heavy atom. The third-order valence-electron chi connectivity index (χ3n) is 2.16. The topological polar surface area (TPSA) is 50.1 Å². The molecule has 1 aromatic carbocycles. The van der Waals surface area contributed by atoms with Crippen LogP contribution in [0.15, 0.2) is 6.07 Å². The van der Waals surface area contributed by atoms with Crippen LogP contribution in [0.4, 0.5) is 8.78 Å². The summed E-state index contributed by atoms with van der Waals surface area (Å²) in [5.41, 5.74) is -1.06. The summed E-state index contributed by atoms with van der Waals surface area (Å²) in [6.07, 6.45) is 0.0421. The van der Waals surface area contributed by atoms with E-state index in [-0.39, 0.29) is 24.3 Å². The van der Waals surface area contributed by atoms with Crippen molar-refractivity contribution in [2.24, 2.45) is 0 Å². The van der Waals surface area contributed by atoms with E-state index >= 15 is 0 Å². The second-order valence-electron chi connectivity index (χ2n) is 3.05. The van der Waals surface area contributed by atoms with Crippen molar-refractivity contribution in [1.29, 1.82) is 5.26 Å². The van der Waals surface area contributed by atoms with Gasteiger partial charge >= 0.3 is 0 Å². The van der Waals surface area contributed by atoms with Crippen LogP contribution in [0.3, 0.4) is 0 Å². The van der Waals surface area contributed by atoms with Crippen molar-refractivity contribution >= 4 is 5.78 Å². The first-order valence-corrected chi connectivity index (χ1v) is 4.23. The van der Waals surface area contributed by atoms with Crippen LogP contribution in [0, 0.1) is 23.0 Å². The SMILES string of the molecule is N#Cc1c(F)cc2c(c1F)C(=O)CCO2. The molecule has 0 saturated carbocycles. The first-order chi connectivity index (χ1) is 7.15. The molecule has 76 valence electrons. The van der Waals surface area contributed by atoms with Crippen molar-refractivity contribution in [2.45, 2.75) is 6.42 Å². The van der Waals surface area contributed by atoms with Gasteiger partial charge in [0.05, 0.1) is 12.2 Å². The van der Waals surface area contributed by atoms with Gasteiger partial charge in [-0.15, -0.1) is 0 Å². The number of Topliss-reactive ketones (excluding diaryl/α,β-unsaturated/α-hetero) is 1. The van der Waals surface area contributed by atoms with Crippen molar-refractivity contribution in [3.05, 3.63) is 28.8 Å². The Balaban J connectivity index is 2.74. The molecule has 0 radical (unpaired) electrons. The minimum Gasteiger partial charge on any atom is -0.492 e. The van der Waals surface area contributed by atoms with Gasteiger partial charge in [0.15, 0.2) is 11.6 Å². The van der Waals surface area contributed by atoms with Crippen LogP contribution in [0.2, 0.25) is 0 Å². The molecule has 0 fully saturated rings. The van der Waals surface area contributed by atoms with Gasteiger partial charge in [-0.3, -0.25) is 4.79 Å². The van der Waals surface area contributed by atoms with Gasteiger partial charge in [-0.1, -0.05) is 0 Å².